The van der Waals surface area contributed by atoms with Gasteiger partial charge in [0, 0.05) is 26.7 Å². The Hall–Kier alpha value is -1.09. The number of allylic oxidation sites excluding steroid dienone is 1. The van der Waals surface area contributed by atoms with Gasteiger partial charge in [0.25, 0.3) is 0 Å². The third-order valence-electron chi connectivity index (χ3n) is 5.74. The third kappa shape index (κ3) is 9.37. The van der Waals surface area contributed by atoms with Gasteiger partial charge >= 0.3 is 0 Å². The van der Waals surface area contributed by atoms with Crippen molar-refractivity contribution in [3.8, 4) is 0 Å². The zero-order valence-electron chi connectivity index (χ0n) is 19.5. The molecule has 0 bridgehead atoms. The first kappa shape index (κ1) is 26.9. The molecule has 7 heteroatoms. The number of hydrogen-bond acceptors (Lipinski definition) is 4. The lowest BCUT2D eigenvalue weighted by molar-refractivity contribution is 0.166. The first-order valence-corrected chi connectivity index (χ1v) is 11.3. The largest absolute Gasteiger partial charge is 0.444 e. The highest BCUT2D eigenvalue weighted by molar-refractivity contribution is 14.0. The van der Waals surface area contributed by atoms with Gasteiger partial charge in [0.15, 0.2) is 5.96 Å². The van der Waals surface area contributed by atoms with E-state index in [4.69, 9.17) is 9.41 Å². The van der Waals surface area contributed by atoms with Gasteiger partial charge in [-0.1, -0.05) is 12.5 Å². The fourth-order valence-corrected chi connectivity index (χ4v) is 3.73. The maximum absolute atomic E-state index is 5.74. The maximum atomic E-state index is 5.74. The molecule has 0 amide bonds. The molecule has 0 atom stereocenters. The summed E-state index contributed by atoms with van der Waals surface area (Å²) in [6.07, 6.45) is 9.18. The van der Waals surface area contributed by atoms with Crippen molar-refractivity contribution in [1.82, 2.24) is 20.1 Å². The highest BCUT2D eigenvalue weighted by Gasteiger charge is 2.21. The Bertz CT molecular complexity index is 618. The van der Waals surface area contributed by atoms with Crippen molar-refractivity contribution in [3.63, 3.8) is 0 Å². The minimum Gasteiger partial charge on any atom is -0.444 e. The van der Waals surface area contributed by atoms with Crippen LogP contribution >= 0.6 is 24.0 Å². The van der Waals surface area contributed by atoms with Crippen LogP contribution in [0, 0.1) is 19.8 Å². The van der Waals surface area contributed by atoms with Gasteiger partial charge in [-0.25, -0.2) is 4.98 Å². The van der Waals surface area contributed by atoms with Gasteiger partial charge in [0.05, 0.1) is 12.2 Å². The minimum atomic E-state index is 0. The summed E-state index contributed by atoms with van der Waals surface area (Å²) in [6, 6.07) is 0. The standard InChI is InChI=1S/C23H41N5O.HI/c1-6-8-9-10-11-14-27(5)23(24-7-2)25-17-21-12-15-28(16-13-21)18-22-26-19(3)20(4)29-22;/h6,21H,1,7-18H2,2-5H3,(H,24,25);1H. The van der Waals surface area contributed by atoms with Crippen LogP contribution in [0.5, 0.6) is 0 Å². The number of likely N-dealkylation sites (tertiary alicyclic amines) is 1. The molecule has 1 N–H and O–H groups in total. The van der Waals surface area contributed by atoms with Gasteiger partial charge in [-0.05, 0) is 71.9 Å². The molecule has 30 heavy (non-hydrogen) atoms. The molecule has 0 aromatic carbocycles. The predicted molar refractivity (Wildman–Crippen MR) is 137 cm³/mol. The highest BCUT2D eigenvalue weighted by atomic mass is 127. The quantitative estimate of drug-likeness (QED) is 0.147. The first-order valence-electron chi connectivity index (χ1n) is 11.3. The van der Waals surface area contributed by atoms with Crippen molar-refractivity contribution in [2.75, 3.05) is 39.8 Å². The molecule has 2 heterocycles. The second-order valence-corrected chi connectivity index (χ2v) is 8.22. The SMILES string of the molecule is C=CCCCCCN(C)C(=NCC1CCN(Cc2nc(C)c(C)o2)CC1)NCC.I. The number of unbranched alkanes of at least 4 members (excludes halogenated alkanes) is 3. The van der Waals surface area contributed by atoms with Crippen molar-refractivity contribution in [2.24, 2.45) is 10.9 Å². The topological polar surface area (TPSA) is 56.9 Å². The molecule has 0 spiro atoms. The lowest BCUT2D eigenvalue weighted by atomic mass is 9.97. The third-order valence-corrected chi connectivity index (χ3v) is 5.74. The second-order valence-electron chi connectivity index (χ2n) is 8.22. The van der Waals surface area contributed by atoms with Crippen LogP contribution in [0.25, 0.3) is 0 Å². The fraction of sp³-hybridized carbons (Fsp3) is 0.739. The summed E-state index contributed by atoms with van der Waals surface area (Å²) < 4.78 is 5.74. The Balaban J connectivity index is 0.00000450. The number of nitrogens with one attached hydrogen (secondary N) is 1. The van der Waals surface area contributed by atoms with Crippen molar-refractivity contribution >= 4 is 29.9 Å². The van der Waals surface area contributed by atoms with Crippen LogP contribution < -0.4 is 5.32 Å². The van der Waals surface area contributed by atoms with Crippen LogP contribution in [0.3, 0.4) is 0 Å². The van der Waals surface area contributed by atoms with Crippen LogP contribution in [0.1, 0.15) is 62.8 Å². The Kier molecular flexibility index (Phi) is 13.3. The number of piperidine rings is 1. The number of aromatic nitrogens is 1. The number of rotatable bonds is 11. The van der Waals surface area contributed by atoms with Gasteiger partial charge < -0.3 is 14.6 Å². The van der Waals surface area contributed by atoms with Crippen molar-refractivity contribution in [3.05, 3.63) is 30.0 Å². The Labute approximate surface area is 200 Å². The molecule has 1 saturated heterocycles. The molecule has 2 rings (SSSR count). The molecule has 1 aromatic heterocycles. The summed E-state index contributed by atoms with van der Waals surface area (Å²) >= 11 is 0. The van der Waals surface area contributed by atoms with Gasteiger partial charge in [-0.3, -0.25) is 9.89 Å². The molecule has 1 aromatic rings. The lowest BCUT2D eigenvalue weighted by Gasteiger charge is -2.30. The minimum absolute atomic E-state index is 0. The molecule has 0 radical (unpaired) electrons. The van der Waals surface area contributed by atoms with Crippen LogP contribution in [0.4, 0.5) is 0 Å². The van der Waals surface area contributed by atoms with E-state index in [1.54, 1.807) is 0 Å². The summed E-state index contributed by atoms with van der Waals surface area (Å²) in [5.41, 5.74) is 1.00. The van der Waals surface area contributed by atoms with Crippen LogP contribution in [0.15, 0.2) is 22.1 Å². The highest BCUT2D eigenvalue weighted by Crippen LogP contribution is 2.20. The summed E-state index contributed by atoms with van der Waals surface area (Å²) in [7, 11) is 2.15. The predicted octanol–water partition coefficient (Wildman–Crippen LogP) is 4.77. The monoisotopic (exact) mass is 531 g/mol. The van der Waals surface area contributed by atoms with Gasteiger partial charge in [0.2, 0.25) is 5.89 Å². The van der Waals surface area contributed by atoms with E-state index in [2.05, 4.69) is 40.7 Å². The zero-order valence-corrected chi connectivity index (χ0v) is 21.8. The number of aryl methyl sites for hydroxylation is 2. The molecule has 1 aliphatic rings. The zero-order chi connectivity index (χ0) is 21.1. The van der Waals surface area contributed by atoms with E-state index in [1.807, 2.05) is 19.9 Å². The molecule has 1 fully saturated rings. The molecule has 6 nitrogen and oxygen atoms in total. The number of aliphatic imine (C=N–C) groups is 1. The molecule has 0 unspecified atom stereocenters. The van der Waals surface area contributed by atoms with E-state index in [9.17, 15) is 0 Å². The van der Waals surface area contributed by atoms with Gasteiger partial charge in [-0.2, -0.15) is 0 Å². The van der Waals surface area contributed by atoms with Crippen molar-refractivity contribution < 1.29 is 4.42 Å². The maximum Gasteiger partial charge on any atom is 0.208 e. The molecular formula is C23H42IN5O. The van der Waals surface area contributed by atoms with E-state index in [0.29, 0.717) is 5.92 Å². The van der Waals surface area contributed by atoms with Crippen LogP contribution in [-0.2, 0) is 6.54 Å². The second kappa shape index (κ2) is 14.8. The average Bonchev–Trinajstić information content (AvgIpc) is 3.03. The molecule has 0 saturated carbocycles. The summed E-state index contributed by atoms with van der Waals surface area (Å²) in [4.78, 5) is 14.2. The molecule has 1 aliphatic heterocycles. The van der Waals surface area contributed by atoms with Crippen molar-refractivity contribution in [1.29, 1.82) is 0 Å². The molecule has 172 valence electrons. The number of hydrogen-bond donors (Lipinski definition) is 1. The lowest BCUT2D eigenvalue weighted by Crippen LogP contribution is -2.40. The summed E-state index contributed by atoms with van der Waals surface area (Å²) in [6.45, 7) is 15.8. The van der Waals surface area contributed by atoms with Crippen LogP contribution in [0.2, 0.25) is 0 Å². The van der Waals surface area contributed by atoms with Gasteiger partial charge in [-0.15, -0.1) is 30.6 Å². The van der Waals surface area contributed by atoms with E-state index < -0.39 is 0 Å². The normalized spacial score (nSPS) is 15.7. The van der Waals surface area contributed by atoms with Gasteiger partial charge in [0.1, 0.15) is 5.76 Å². The Morgan fingerprint density at radius 3 is 2.63 bits per heavy atom. The number of oxazole rings is 1. The van der Waals surface area contributed by atoms with Crippen molar-refractivity contribution in [2.45, 2.75) is 65.8 Å². The number of nitrogens with zero attached hydrogens (tertiary/aromatic N) is 4. The Morgan fingerprint density at radius 1 is 1.30 bits per heavy atom. The fourth-order valence-electron chi connectivity index (χ4n) is 3.73. The van der Waals surface area contributed by atoms with E-state index in [1.165, 1.54) is 32.1 Å². The Morgan fingerprint density at radius 2 is 2.03 bits per heavy atom. The summed E-state index contributed by atoms with van der Waals surface area (Å²) in [5, 5.41) is 3.45. The molecule has 0 aliphatic carbocycles. The molecular weight excluding hydrogens is 489 g/mol. The first-order chi connectivity index (χ1) is 14.0. The van der Waals surface area contributed by atoms with E-state index in [0.717, 1.165) is 69.0 Å². The van der Waals surface area contributed by atoms with E-state index >= 15 is 0 Å². The average molecular weight is 532 g/mol. The smallest absolute Gasteiger partial charge is 0.208 e. The van der Waals surface area contributed by atoms with E-state index in [-0.39, 0.29) is 24.0 Å². The summed E-state index contributed by atoms with van der Waals surface area (Å²) in [5.74, 6) is 3.49. The van der Waals surface area contributed by atoms with Crippen LogP contribution in [-0.4, -0.2) is 60.5 Å². The number of halogens is 1. The number of guanidine groups is 1.